The third kappa shape index (κ3) is 2.97. The number of nitrogens with one attached hydrogen (secondary N) is 1. The zero-order valence-electron chi connectivity index (χ0n) is 13.7. The number of hydrogen-bond acceptors (Lipinski definition) is 5. The Labute approximate surface area is 168 Å². The number of aromatic hydroxyl groups is 2. The molecule has 1 aromatic carbocycles. The molecule has 0 aliphatic rings. The Morgan fingerprint density at radius 3 is 2.48 bits per heavy atom. The first kappa shape index (κ1) is 19.6. The first-order chi connectivity index (χ1) is 12.6. The van der Waals surface area contributed by atoms with Crippen LogP contribution in [0.1, 0.15) is 34.8 Å². The summed E-state index contributed by atoms with van der Waals surface area (Å²) in [5.41, 5.74) is -1.79. The third-order valence-corrected chi connectivity index (χ3v) is 4.96. The third-order valence-electron chi connectivity index (χ3n) is 4.07. The Morgan fingerprint density at radius 1 is 1.30 bits per heavy atom. The maximum Gasteiger partial charge on any atom is 0.217 e. The van der Waals surface area contributed by atoms with Crippen LogP contribution in [0.3, 0.4) is 0 Å². The fraction of sp³-hybridized carbons (Fsp3) is 0.125. The van der Waals surface area contributed by atoms with Gasteiger partial charge in [-0.2, -0.15) is 0 Å². The first-order valence-corrected chi connectivity index (χ1v) is 8.68. The van der Waals surface area contributed by atoms with Crippen LogP contribution in [0.2, 0.25) is 5.02 Å². The maximum absolute atomic E-state index is 13.2. The molecule has 2 aromatic heterocycles. The Kier molecular flexibility index (Phi) is 4.92. The van der Waals surface area contributed by atoms with Crippen molar-refractivity contribution < 1.29 is 20.1 Å². The summed E-state index contributed by atoms with van der Waals surface area (Å²) in [4.78, 5) is 27.8. The smallest absolute Gasteiger partial charge is 0.217 e. The zero-order chi connectivity index (χ0) is 20.2. The molecule has 0 amide bonds. The molecule has 7 nitrogen and oxygen atoms in total. The van der Waals surface area contributed by atoms with E-state index >= 15 is 0 Å². The molecular formula is C16H10B2BrClN2O5. The van der Waals surface area contributed by atoms with Crippen molar-refractivity contribution in [3.63, 3.8) is 0 Å². The van der Waals surface area contributed by atoms with Gasteiger partial charge in [0.15, 0.2) is 5.75 Å². The lowest BCUT2D eigenvalue weighted by Crippen LogP contribution is -2.35. The summed E-state index contributed by atoms with van der Waals surface area (Å²) < 4.78 is 1.24. The average Bonchev–Trinajstić information content (AvgIpc) is 3.02. The lowest BCUT2D eigenvalue weighted by atomic mass is 9.92. The molecule has 0 bridgehead atoms. The largest absolute Gasteiger partial charge is 0.505 e. The molecular weight excluding hydrogens is 437 g/mol. The van der Waals surface area contributed by atoms with E-state index in [1.54, 1.807) is 0 Å². The van der Waals surface area contributed by atoms with Crippen LogP contribution in [-0.4, -0.2) is 46.2 Å². The summed E-state index contributed by atoms with van der Waals surface area (Å²) in [6.07, 6.45) is -1.16. The van der Waals surface area contributed by atoms with E-state index in [2.05, 4.69) is 20.9 Å². The van der Waals surface area contributed by atoms with Gasteiger partial charge in [0.25, 0.3) is 0 Å². The van der Waals surface area contributed by atoms with Crippen LogP contribution >= 0.6 is 27.5 Å². The van der Waals surface area contributed by atoms with Crippen molar-refractivity contribution in [1.82, 2.24) is 9.38 Å². The molecule has 0 saturated carbocycles. The van der Waals surface area contributed by atoms with Crippen molar-refractivity contribution >= 4 is 65.7 Å². The second-order valence-electron chi connectivity index (χ2n) is 5.84. The predicted molar refractivity (Wildman–Crippen MR) is 105 cm³/mol. The van der Waals surface area contributed by atoms with Gasteiger partial charge in [-0.05, 0) is 40.4 Å². The predicted octanol–water partition coefficient (Wildman–Crippen LogP) is 0.327. The van der Waals surface area contributed by atoms with Crippen molar-refractivity contribution in [3.8, 4) is 11.5 Å². The standard InChI is InChI=1S/C16H10B2BrClN2O5/c1-4(23)9-10(11(24)5-2-6(19)12(25)7(20)3-5)22-15(18)14(27)13(26)8(17)16(22)21-9/h2-4,21,23,25,27H,1H3. The summed E-state index contributed by atoms with van der Waals surface area (Å²) >= 11 is 9.02. The van der Waals surface area contributed by atoms with Crippen LogP contribution < -0.4 is 16.5 Å². The highest BCUT2D eigenvalue weighted by Gasteiger charge is 2.27. The number of benzene rings is 1. The first-order valence-electron chi connectivity index (χ1n) is 7.51. The van der Waals surface area contributed by atoms with Crippen LogP contribution in [0.25, 0.3) is 5.65 Å². The van der Waals surface area contributed by atoms with Crippen molar-refractivity contribution in [1.29, 1.82) is 0 Å². The number of pyridine rings is 1. The van der Waals surface area contributed by atoms with E-state index in [9.17, 15) is 24.9 Å². The van der Waals surface area contributed by atoms with Crippen LogP contribution in [0.5, 0.6) is 11.5 Å². The lowest BCUT2D eigenvalue weighted by molar-refractivity contribution is 0.102. The molecule has 0 aliphatic carbocycles. The van der Waals surface area contributed by atoms with Gasteiger partial charge in [-0.25, -0.2) is 0 Å². The van der Waals surface area contributed by atoms with E-state index in [1.807, 2.05) is 0 Å². The van der Waals surface area contributed by atoms with Gasteiger partial charge in [-0.1, -0.05) is 11.6 Å². The van der Waals surface area contributed by atoms with Gasteiger partial charge < -0.3 is 24.7 Å². The minimum absolute atomic E-state index is 0.0312. The van der Waals surface area contributed by atoms with Crippen molar-refractivity contribution in [2.45, 2.75) is 13.0 Å². The zero-order valence-corrected chi connectivity index (χ0v) is 16.1. The second-order valence-corrected chi connectivity index (χ2v) is 7.10. The number of fused-ring (bicyclic) bond motifs is 1. The number of phenolic OH excluding ortho intramolecular Hbond substituents is 1. The van der Waals surface area contributed by atoms with Gasteiger partial charge in [-0.15, -0.1) is 0 Å². The molecule has 11 heteroatoms. The minimum Gasteiger partial charge on any atom is -0.505 e. The highest BCUT2D eigenvalue weighted by atomic mass is 79.9. The fourth-order valence-corrected chi connectivity index (χ4v) is 3.51. The average molecular weight is 447 g/mol. The number of nitrogens with zero attached hydrogens (tertiary/aromatic N) is 1. The number of ketones is 1. The van der Waals surface area contributed by atoms with E-state index < -0.39 is 28.7 Å². The van der Waals surface area contributed by atoms with E-state index in [1.165, 1.54) is 19.1 Å². The number of aliphatic hydroxyl groups is 1. The highest BCUT2D eigenvalue weighted by Crippen LogP contribution is 2.34. The highest BCUT2D eigenvalue weighted by molar-refractivity contribution is 9.10. The molecule has 27 heavy (non-hydrogen) atoms. The summed E-state index contributed by atoms with van der Waals surface area (Å²) in [5.74, 6) is -1.71. The molecule has 3 aromatic rings. The normalized spacial score (nSPS) is 12.4. The number of rotatable bonds is 3. The van der Waals surface area contributed by atoms with Gasteiger partial charge in [0.2, 0.25) is 11.2 Å². The lowest BCUT2D eigenvalue weighted by Gasteiger charge is -2.12. The number of H-pyrrole nitrogens is 1. The monoisotopic (exact) mass is 446 g/mol. The van der Waals surface area contributed by atoms with Crippen LogP contribution in [0, 0.1) is 0 Å². The molecule has 0 spiro atoms. The van der Waals surface area contributed by atoms with E-state index in [-0.39, 0.29) is 43.3 Å². The number of carbonyl (C=O) groups excluding carboxylic acids is 1. The van der Waals surface area contributed by atoms with Gasteiger partial charge in [-0.3, -0.25) is 9.59 Å². The quantitative estimate of drug-likeness (QED) is 0.341. The van der Waals surface area contributed by atoms with E-state index in [0.717, 1.165) is 4.40 Å². The van der Waals surface area contributed by atoms with Crippen LogP contribution in [-0.2, 0) is 0 Å². The molecule has 4 radical (unpaired) electrons. The summed E-state index contributed by atoms with van der Waals surface area (Å²) in [6, 6.07) is 2.56. The number of aliphatic hydroxyl groups excluding tert-OH is 1. The number of imidazole rings is 1. The Hall–Kier alpha value is -2.16. The molecule has 3 rings (SSSR count). The van der Waals surface area contributed by atoms with E-state index in [4.69, 9.17) is 27.3 Å². The molecule has 4 N–H and O–H groups in total. The SMILES string of the molecule is [B]c1c(=O)c(O)c([B])n2c(C(=O)c3cc(Cl)c(O)c(Br)c3)c(C(C)O)[nH]c12. The number of aromatic nitrogens is 2. The summed E-state index contributed by atoms with van der Waals surface area (Å²) in [5, 5.41) is 29.7. The van der Waals surface area contributed by atoms with Gasteiger partial charge in [0, 0.05) is 11.2 Å². The van der Waals surface area contributed by atoms with Crippen molar-refractivity contribution in [2.24, 2.45) is 0 Å². The maximum atomic E-state index is 13.2. The molecule has 2 heterocycles. The van der Waals surface area contributed by atoms with E-state index in [0.29, 0.717) is 0 Å². The minimum atomic E-state index is -1.16. The molecule has 0 fully saturated rings. The summed E-state index contributed by atoms with van der Waals surface area (Å²) in [7, 11) is 11.6. The Balaban J connectivity index is 2.41. The fourth-order valence-electron chi connectivity index (χ4n) is 2.72. The van der Waals surface area contributed by atoms with Gasteiger partial charge in [0.1, 0.15) is 32.8 Å². The molecule has 1 atom stereocenters. The number of phenols is 1. The second kappa shape index (κ2) is 6.78. The number of halogens is 2. The molecule has 0 aliphatic heterocycles. The molecule has 134 valence electrons. The van der Waals surface area contributed by atoms with Crippen molar-refractivity contribution in [3.05, 3.63) is 48.8 Å². The molecule has 1 unspecified atom stereocenters. The number of carbonyl (C=O) groups is 1. The molecule has 0 saturated heterocycles. The Morgan fingerprint density at radius 2 is 1.93 bits per heavy atom. The van der Waals surface area contributed by atoms with Gasteiger partial charge in [0.05, 0.1) is 21.3 Å². The van der Waals surface area contributed by atoms with Crippen LogP contribution in [0.15, 0.2) is 21.4 Å². The van der Waals surface area contributed by atoms with Crippen LogP contribution in [0.4, 0.5) is 0 Å². The number of hydrogen-bond donors (Lipinski definition) is 4. The summed E-state index contributed by atoms with van der Waals surface area (Å²) in [6.45, 7) is 1.39. The number of aromatic amines is 1. The van der Waals surface area contributed by atoms with Crippen molar-refractivity contribution in [2.75, 3.05) is 0 Å². The topological polar surface area (TPSA) is 115 Å². The Bertz CT molecular complexity index is 1150. The van der Waals surface area contributed by atoms with Gasteiger partial charge >= 0.3 is 0 Å².